The lowest BCUT2D eigenvalue weighted by atomic mass is 9.95. The molecule has 2 aromatic rings. The van der Waals surface area contributed by atoms with Crippen LogP contribution in [-0.2, 0) is 0 Å². The summed E-state index contributed by atoms with van der Waals surface area (Å²) >= 11 is 0. The number of rotatable bonds is 6. The number of nitrogens with zero attached hydrogens (tertiary/aromatic N) is 4. The number of anilines is 1. The number of fused-ring (bicyclic) bond motifs is 1. The summed E-state index contributed by atoms with van der Waals surface area (Å²) in [5.41, 5.74) is 7.52. The van der Waals surface area contributed by atoms with Crippen LogP contribution in [0.3, 0.4) is 0 Å². The van der Waals surface area contributed by atoms with E-state index in [-0.39, 0.29) is 0 Å². The summed E-state index contributed by atoms with van der Waals surface area (Å²) in [6.07, 6.45) is 11.4. The minimum Gasteiger partial charge on any atom is -0.463 e. The van der Waals surface area contributed by atoms with Crippen molar-refractivity contribution in [2.24, 2.45) is 0 Å². The van der Waals surface area contributed by atoms with Crippen molar-refractivity contribution in [3.05, 3.63) is 6.33 Å². The highest BCUT2D eigenvalue weighted by Gasteiger charge is 2.20. The summed E-state index contributed by atoms with van der Waals surface area (Å²) in [4.78, 5) is 13.2. The second kappa shape index (κ2) is 6.94. The van der Waals surface area contributed by atoms with E-state index in [9.17, 15) is 0 Å². The van der Waals surface area contributed by atoms with Crippen molar-refractivity contribution in [3.8, 4) is 6.01 Å². The Morgan fingerprint density at radius 2 is 2.05 bits per heavy atom. The molecule has 0 unspecified atom stereocenters. The van der Waals surface area contributed by atoms with Gasteiger partial charge in [-0.25, -0.2) is 4.98 Å². The molecule has 0 spiro atoms. The van der Waals surface area contributed by atoms with E-state index >= 15 is 0 Å². The monoisotopic (exact) mass is 303 g/mol. The predicted octanol–water partition coefficient (Wildman–Crippen LogP) is 3.48. The Morgan fingerprint density at radius 1 is 1.23 bits per heavy atom. The molecule has 1 saturated carbocycles. The zero-order valence-electron chi connectivity index (χ0n) is 13.3. The molecule has 2 aromatic heterocycles. The summed E-state index contributed by atoms with van der Waals surface area (Å²) in [7, 11) is 0. The number of imidazole rings is 1. The van der Waals surface area contributed by atoms with Crippen LogP contribution in [0.2, 0.25) is 0 Å². The van der Waals surface area contributed by atoms with Gasteiger partial charge in [0, 0.05) is 6.04 Å². The summed E-state index contributed by atoms with van der Waals surface area (Å²) in [6, 6.07) is 0.847. The highest BCUT2D eigenvalue weighted by atomic mass is 16.5. The van der Waals surface area contributed by atoms with Gasteiger partial charge in [-0.05, 0) is 19.3 Å². The van der Waals surface area contributed by atoms with Crippen LogP contribution in [0.15, 0.2) is 6.33 Å². The van der Waals surface area contributed by atoms with E-state index in [2.05, 4.69) is 26.4 Å². The Morgan fingerprint density at radius 3 is 2.82 bits per heavy atom. The third kappa shape index (κ3) is 3.15. The fourth-order valence-corrected chi connectivity index (χ4v) is 3.12. The lowest BCUT2D eigenvalue weighted by molar-refractivity contribution is 0.283. The standard InChI is InChI=1S/C16H25N5O/c1-2-3-7-10-22-16-19-14(17)13-15(20-16)21(11-18-13)12-8-5-4-6-9-12/h11-12H,2-10H2,1H3,(H2,17,19,20). The van der Waals surface area contributed by atoms with Crippen molar-refractivity contribution in [3.63, 3.8) is 0 Å². The number of hydrogen-bond donors (Lipinski definition) is 1. The second-order valence-electron chi connectivity index (χ2n) is 6.06. The Hall–Kier alpha value is -1.85. The van der Waals surface area contributed by atoms with Gasteiger partial charge in [0.15, 0.2) is 17.0 Å². The van der Waals surface area contributed by atoms with Gasteiger partial charge in [0.2, 0.25) is 0 Å². The number of aromatic nitrogens is 4. The molecule has 120 valence electrons. The highest BCUT2D eigenvalue weighted by Crippen LogP contribution is 2.31. The van der Waals surface area contributed by atoms with Crippen molar-refractivity contribution in [1.29, 1.82) is 0 Å². The van der Waals surface area contributed by atoms with Crippen LogP contribution in [-0.4, -0.2) is 26.1 Å². The van der Waals surface area contributed by atoms with E-state index in [4.69, 9.17) is 10.5 Å². The van der Waals surface area contributed by atoms with Crippen LogP contribution in [0.1, 0.15) is 64.3 Å². The molecule has 0 radical (unpaired) electrons. The molecule has 2 N–H and O–H groups in total. The zero-order valence-corrected chi connectivity index (χ0v) is 13.3. The first kappa shape index (κ1) is 15.1. The quantitative estimate of drug-likeness (QED) is 0.826. The van der Waals surface area contributed by atoms with Gasteiger partial charge in [-0.2, -0.15) is 9.97 Å². The lowest BCUT2D eigenvalue weighted by Crippen LogP contribution is -2.13. The fourth-order valence-electron chi connectivity index (χ4n) is 3.12. The molecule has 1 aliphatic carbocycles. The molecule has 2 heterocycles. The summed E-state index contributed by atoms with van der Waals surface area (Å²) < 4.78 is 7.82. The van der Waals surface area contributed by atoms with E-state index in [0.717, 1.165) is 18.5 Å². The Labute approximate surface area is 131 Å². The molecule has 1 aliphatic rings. The minimum atomic E-state index is 0.374. The number of ether oxygens (including phenoxy) is 1. The molecule has 0 aromatic carbocycles. The predicted molar refractivity (Wildman–Crippen MR) is 86.9 cm³/mol. The van der Waals surface area contributed by atoms with Crippen LogP contribution in [0, 0.1) is 0 Å². The molecule has 0 saturated heterocycles. The summed E-state index contributed by atoms with van der Waals surface area (Å²) in [5, 5.41) is 0. The molecular weight excluding hydrogens is 278 g/mol. The largest absolute Gasteiger partial charge is 0.463 e. The number of unbranched alkanes of at least 4 members (excludes halogenated alkanes) is 2. The maximum absolute atomic E-state index is 6.02. The average Bonchev–Trinajstić information content (AvgIpc) is 2.97. The van der Waals surface area contributed by atoms with Gasteiger partial charge in [0.05, 0.1) is 12.9 Å². The van der Waals surface area contributed by atoms with E-state index in [0.29, 0.717) is 30.0 Å². The van der Waals surface area contributed by atoms with Crippen LogP contribution >= 0.6 is 0 Å². The van der Waals surface area contributed by atoms with Gasteiger partial charge in [-0.15, -0.1) is 0 Å². The Balaban J connectivity index is 1.83. The second-order valence-corrected chi connectivity index (χ2v) is 6.06. The molecule has 0 atom stereocenters. The maximum atomic E-state index is 6.02. The zero-order chi connectivity index (χ0) is 15.4. The van der Waals surface area contributed by atoms with Crippen LogP contribution in [0.5, 0.6) is 6.01 Å². The van der Waals surface area contributed by atoms with Gasteiger partial charge >= 0.3 is 6.01 Å². The third-order valence-electron chi connectivity index (χ3n) is 4.38. The summed E-state index contributed by atoms with van der Waals surface area (Å²) in [6.45, 7) is 2.81. The van der Waals surface area contributed by atoms with E-state index in [1.165, 1.54) is 38.5 Å². The van der Waals surface area contributed by atoms with Crippen LogP contribution < -0.4 is 10.5 Å². The Kier molecular flexibility index (Phi) is 4.75. The van der Waals surface area contributed by atoms with E-state index < -0.39 is 0 Å². The first-order chi connectivity index (χ1) is 10.8. The van der Waals surface area contributed by atoms with E-state index in [1.807, 2.05) is 6.33 Å². The molecule has 6 heteroatoms. The molecule has 0 bridgehead atoms. The fraction of sp³-hybridized carbons (Fsp3) is 0.688. The van der Waals surface area contributed by atoms with Gasteiger partial charge < -0.3 is 15.0 Å². The van der Waals surface area contributed by atoms with Crippen molar-refractivity contribution in [1.82, 2.24) is 19.5 Å². The van der Waals surface area contributed by atoms with E-state index in [1.54, 1.807) is 0 Å². The minimum absolute atomic E-state index is 0.374. The van der Waals surface area contributed by atoms with Gasteiger partial charge in [0.25, 0.3) is 0 Å². The highest BCUT2D eigenvalue weighted by molar-refractivity contribution is 5.82. The molecule has 6 nitrogen and oxygen atoms in total. The maximum Gasteiger partial charge on any atom is 0.320 e. The van der Waals surface area contributed by atoms with Crippen LogP contribution in [0.25, 0.3) is 11.2 Å². The lowest BCUT2D eigenvalue weighted by Gasteiger charge is -2.23. The first-order valence-corrected chi connectivity index (χ1v) is 8.42. The number of nitrogens with two attached hydrogens (primary N) is 1. The number of nitrogen functional groups attached to an aromatic ring is 1. The smallest absolute Gasteiger partial charge is 0.320 e. The average molecular weight is 303 g/mol. The first-order valence-electron chi connectivity index (χ1n) is 8.42. The van der Waals surface area contributed by atoms with Crippen molar-refractivity contribution in [2.45, 2.75) is 64.3 Å². The van der Waals surface area contributed by atoms with Crippen molar-refractivity contribution >= 4 is 17.0 Å². The molecule has 22 heavy (non-hydrogen) atoms. The molecule has 1 fully saturated rings. The van der Waals surface area contributed by atoms with Crippen molar-refractivity contribution < 1.29 is 4.74 Å². The number of hydrogen-bond acceptors (Lipinski definition) is 5. The third-order valence-corrected chi connectivity index (χ3v) is 4.38. The van der Waals surface area contributed by atoms with Gasteiger partial charge in [0.1, 0.15) is 0 Å². The topological polar surface area (TPSA) is 78.9 Å². The molecular formula is C16H25N5O. The summed E-state index contributed by atoms with van der Waals surface area (Å²) in [5.74, 6) is 0.407. The molecule has 3 rings (SSSR count). The molecule has 0 aliphatic heterocycles. The van der Waals surface area contributed by atoms with Crippen molar-refractivity contribution in [2.75, 3.05) is 12.3 Å². The Bertz CT molecular complexity index is 618. The molecule has 0 amide bonds. The van der Waals surface area contributed by atoms with Gasteiger partial charge in [-0.1, -0.05) is 39.0 Å². The van der Waals surface area contributed by atoms with Gasteiger partial charge in [-0.3, -0.25) is 0 Å². The van der Waals surface area contributed by atoms with Crippen LogP contribution in [0.4, 0.5) is 5.82 Å². The normalized spacial score (nSPS) is 16.2. The SMILES string of the molecule is CCCCCOc1nc(N)c2ncn(C3CCCCC3)c2n1.